The van der Waals surface area contributed by atoms with Gasteiger partial charge in [0.25, 0.3) is 0 Å². The highest BCUT2D eigenvalue weighted by molar-refractivity contribution is 6.07. The van der Waals surface area contributed by atoms with E-state index in [0.717, 1.165) is 29.2 Å². The molecule has 118 valence electrons. The molecule has 8 heteroatoms. The van der Waals surface area contributed by atoms with Crippen LogP contribution in [0.2, 0.25) is 0 Å². The number of alkyl halides is 3. The van der Waals surface area contributed by atoms with Crippen LogP contribution in [0, 0.1) is 0 Å². The van der Waals surface area contributed by atoms with Crippen molar-refractivity contribution in [2.24, 2.45) is 0 Å². The molecule has 1 unspecified atom stereocenters. The van der Waals surface area contributed by atoms with Crippen LogP contribution in [0.1, 0.15) is 25.3 Å². The Balaban J connectivity index is 2.05. The predicted molar refractivity (Wildman–Crippen MR) is 70.6 cm³/mol. The van der Waals surface area contributed by atoms with Crippen molar-refractivity contribution in [3.8, 4) is 0 Å². The number of imide groups is 1. The number of halogens is 3. The van der Waals surface area contributed by atoms with Crippen molar-refractivity contribution in [1.82, 2.24) is 4.90 Å². The Hall–Kier alpha value is -2.38. The van der Waals surface area contributed by atoms with E-state index < -0.39 is 35.5 Å². The van der Waals surface area contributed by atoms with Gasteiger partial charge in [0, 0.05) is 18.5 Å². The van der Waals surface area contributed by atoms with Gasteiger partial charge in [-0.1, -0.05) is 0 Å². The van der Waals surface area contributed by atoms with Crippen molar-refractivity contribution in [2.45, 2.75) is 32.0 Å². The van der Waals surface area contributed by atoms with Gasteiger partial charge in [0.05, 0.1) is 5.56 Å². The first kappa shape index (κ1) is 16.0. The molecule has 1 aliphatic rings. The summed E-state index contributed by atoms with van der Waals surface area (Å²) in [6.07, 6.45) is -4.32. The second kappa shape index (κ2) is 5.78. The molecule has 1 heterocycles. The van der Waals surface area contributed by atoms with Gasteiger partial charge in [0.1, 0.15) is 6.04 Å². The van der Waals surface area contributed by atoms with Crippen LogP contribution in [-0.4, -0.2) is 28.7 Å². The first-order valence-electron chi connectivity index (χ1n) is 6.53. The van der Waals surface area contributed by atoms with E-state index >= 15 is 0 Å². The first-order valence-corrected chi connectivity index (χ1v) is 6.53. The molecule has 0 radical (unpaired) electrons. The fraction of sp³-hybridized carbons (Fsp3) is 0.357. The SMILES string of the molecule is CC(C(=O)Nc1ccc(C(F)(F)F)cc1)N1C(=O)CCC1=O. The largest absolute Gasteiger partial charge is 0.416 e. The Morgan fingerprint density at radius 2 is 1.64 bits per heavy atom. The summed E-state index contributed by atoms with van der Waals surface area (Å²) in [6.45, 7) is 1.39. The van der Waals surface area contributed by atoms with Gasteiger partial charge in [-0.25, -0.2) is 0 Å². The summed E-state index contributed by atoms with van der Waals surface area (Å²) in [6, 6.07) is 2.89. The van der Waals surface area contributed by atoms with Gasteiger partial charge >= 0.3 is 6.18 Å². The number of benzene rings is 1. The van der Waals surface area contributed by atoms with E-state index in [1.54, 1.807) is 0 Å². The second-order valence-electron chi connectivity index (χ2n) is 4.90. The summed E-state index contributed by atoms with van der Waals surface area (Å²) in [5.41, 5.74) is -0.674. The van der Waals surface area contributed by atoms with E-state index in [2.05, 4.69) is 5.32 Å². The van der Waals surface area contributed by atoms with Gasteiger partial charge in [0.2, 0.25) is 17.7 Å². The Kier molecular flexibility index (Phi) is 4.20. The number of anilines is 1. The van der Waals surface area contributed by atoms with E-state index in [-0.39, 0.29) is 18.5 Å². The maximum Gasteiger partial charge on any atom is 0.416 e. The minimum atomic E-state index is -4.45. The zero-order valence-electron chi connectivity index (χ0n) is 11.6. The van der Waals surface area contributed by atoms with Gasteiger partial charge < -0.3 is 5.32 Å². The smallest absolute Gasteiger partial charge is 0.324 e. The lowest BCUT2D eigenvalue weighted by molar-refractivity contribution is -0.144. The minimum Gasteiger partial charge on any atom is -0.324 e. The van der Waals surface area contributed by atoms with Crippen molar-refractivity contribution in [1.29, 1.82) is 0 Å². The van der Waals surface area contributed by atoms with Gasteiger partial charge in [-0.05, 0) is 31.2 Å². The topological polar surface area (TPSA) is 66.5 Å². The molecule has 0 saturated carbocycles. The molecule has 1 aromatic carbocycles. The van der Waals surface area contributed by atoms with Gasteiger partial charge in [0.15, 0.2) is 0 Å². The van der Waals surface area contributed by atoms with Crippen LogP contribution in [0.15, 0.2) is 24.3 Å². The molecule has 1 N–H and O–H groups in total. The summed E-state index contributed by atoms with van der Waals surface area (Å²) in [5.74, 6) is -1.50. The van der Waals surface area contributed by atoms with Gasteiger partial charge in [-0.3, -0.25) is 19.3 Å². The summed E-state index contributed by atoms with van der Waals surface area (Å²) >= 11 is 0. The quantitative estimate of drug-likeness (QED) is 0.870. The van der Waals surface area contributed by atoms with E-state index in [4.69, 9.17) is 0 Å². The fourth-order valence-corrected chi connectivity index (χ4v) is 2.13. The molecule has 0 bridgehead atoms. The van der Waals surface area contributed by atoms with Crippen molar-refractivity contribution in [3.05, 3.63) is 29.8 Å². The predicted octanol–water partition coefficient (Wildman–Crippen LogP) is 2.18. The maximum atomic E-state index is 12.4. The second-order valence-corrected chi connectivity index (χ2v) is 4.90. The van der Waals surface area contributed by atoms with Crippen LogP contribution in [0.3, 0.4) is 0 Å². The molecule has 22 heavy (non-hydrogen) atoms. The van der Waals surface area contributed by atoms with Crippen LogP contribution in [-0.2, 0) is 20.6 Å². The van der Waals surface area contributed by atoms with Crippen LogP contribution >= 0.6 is 0 Å². The molecule has 0 aliphatic carbocycles. The highest BCUT2D eigenvalue weighted by Gasteiger charge is 2.36. The lowest BCUT2D eigenvalue weighted by atomic mass is 10.2. The standard InChI is InChI=1S/C14H13F3N2O3/c1-8(19-11(20)6-7-12(19)21)13(22)18-10-4-2-9(3-5-10)14(15,16)17/h2-5,8H,6-7H2,1H3,(H,18,22). The van der Waals surface area contributed by atoms with Crippen LogP contribution in [0.25, 0.3) is 0 Å². The maximum absolute atomic E-state index is 12.4. The van der Waals surface area contributed by atoms with Crippen LogP contribution in [0.5, 0.6) is 0 Å². The van der Waals surface area contributed by atoms with Crippen molar-refractivity contribution in [3.63, 3.8) is 0 Å². The van der Waals surface area contributed by atoms with E-state index in [9.17, 15) is 27.6 Å². The molecular weight excluding hydrogens is 301 g/mol. The molecule has 1 aromatic rings. The summed E-state index contributed by atoms with van der Waals surface area (Å²) in [4.78, 5) is 35.9. The highest BCUT2D eigenvalue weighted by atomic mass is 19.4. The molecule has 0 aromatic heterocycles. The summed E-state index contributed by atoms with van der Waals surface area (Å²) in [5, 5.41) is 2.39. The zero-order valence-corrected chi connectivity index (χ0v) is 11.6. The summed E-state index contributed by atoms with van der Waals surface area (Å²) in [7, 11) is 0. The molecular formula is C14H13F3N2O3. The number of carbonyl (C=O) groups excluding carboxylic acids is 3. The molecule has 0 spiro atoms. The summed E-state index contributed by atoms with van der Waals surface area (Å²) < 4.78 is 37.3. The van der Waals surface area contributed by atoms with E-state index in [0.29, 0.717) is 0 Å². The molecule has 5 nitrogen and oxygen atoms in total. The van der Waals surface area contributed by atoms with Gasteiger partial charge in [-0.15, -0.1) is 0 Å². The average Bonchev–Trinajstić information content (AvgIpc) is 2.77. The molecule has 1 saturated heterocycles. The number of likely N-dealkylation sites (tertiary alicyclic amines) is 1. The van der Waals surface area contributed by atoms with E-state index in [1.807, 2.05) is 0 Å². The molecule has 1 fully saturated rings. The molecule has 1 aliphatic heterocycles. The first-order chi connectivity index (χ1) is 10.2. The molecule has 2 rings (SSSR count). The van der Waals surface area contributed by atoms with Crippen LogP contribution in [0.4, 0.5) is 18.9 Å². The Morgan fingerprint density at radius 1 is 1.14 bits per heavy atom. The average molecular weight is 314 g/mol. The number of hydrogen-bond donors (Lipinski definition) is 1. The Bertz CT molecular complexity index is 595. The van der Waals surface area contributed by atoms with Crippen molar-refractivity contribution >= 4 is 23.4 Å². The number of nitrogens with zero attached hydrogens (tertiary/aromatic N) is 1. The lowest BCUT2D eigenvalue weighted by Gasteiger charge is -2.21. The van der Waals surface area contributed by atoms with Crippen molar-refractivity contribution < 1.29 is 27.6 Å². The Labute approximate surface area is 124 Å². The zero-order chi connectivity index (χ0) is 16.5. The van der Waals surface area contributed by atoms with Gasteiger partial charge in [-0.2, -0.15) is 13.2 Å². The monoisotopic (exact) mass is 314 g/mol. The lowest BCUT2D eigenvalue weighted by Crippen LogP contribution is -2.44. The van der Waals surface area contributed by atoms with E-state index in [1.165, 1.54) is 6.92 Å². The highest BCUT2D eigenvalue weighted by Crippen LogP contribution is 2.29. The van der Waals surface area contributed by atoms with Crippen LogP contribution < -0.4 is 5.32 Å². The fourth-order valence-electron chi connectivity index (χ4n) is 2.13. The molecule has 3 amide bonds. The Morgan fingerprint density at radius 3 is 2.09 bits per heavy atom. The number of carbonyl (C=O) groups is 3. The number of nitrogens with one attached hydrogen (secondary N) is 1. The number of amides is 3. The third-order valence-corrected chi connectivity index (χ3v) is 3.34. The molecule has 1 atom stereocenters. The number of rotatable bonds is 3. The minimum absolute atomic E-state index is 0.0662. The third kappa shape index (κ3) is 3.26. The normalized spacial score (nSPS) is 16.8. The number of hydrogen-bond acceptors (Lipinski definition) is 3. The van der Waals surface area contributed by atoms with Crippen molar-refractivity contribution in [2.75, 3.05) is 5.32 Å². The third-order valence-electron chi connectivity index (χ3n) is 3.34.